The monoisotopic (exact) mass is 348 g/mol. The van der Waals surface area contributed by atoms with Crippen molar-refractivity contribution >= 4 is 23.9 Å². The van der Waals surface area contributed by atoms with E-state index in [1.54, 1.807) is 0 Å². The molecule has 4 N–H and O–H groups in total. The van der Waals surface area contributed by atoms with Crippen LogP contribution in [0, 0.1) is 0 Å². The first-order valence-electron chi connectivity index (χ1n) is 6.52. The van der Waals surface area contributed by atoms with Gasteiger partial charge in [-0.1, -0.05) is 12.1 Å². The quantitative estimate of drug-likeness (QED) is 0.479. The second-order valence-corrected chi connectivity index (χ2v) is 4.42. The Hall–Kier alpha value is -3.72. The van der Waals surface area contributed by atoms with Crippen LogP contribution in [0.25, 0.3) is 0 Å². The third-order valence-corrected chi connectivity index (χ3v) is 2.84. The lowest BCUT2D eigenvalue weighted by atomic mass is 10.1. The maximum absolute atomic E-state index is 10.8. The van der Waals surface area contributed by atoms with Gasteiger partial charge < -0.3 is 15.3 Å². The van der Waals surface area contributed by atoms with Gasteiger partial charge in [0.05, 0.1) is 22.3 Å². The average molecular weight is 348 g/mol. The minimum atomic E-state index is -1.25. The number of carboxylic acid groups (broad SMARTS) is 3. The number of carbonyl (C=O) groups is 4. The second kappa shape index (κ2) is 8.79. The summed E-state index contributed by atoms with van der Waals surface area (Å²) in [5.74, 6) is -4.46. The summed E-state index contributed by atoms with van der Waals surface area (Å²) in [4.78, 5) is 45.4. The molecule has 0 saturated carbocycles. The normalized spacial score (nSPS) is 9.32. The summed E-state index contributed by atoms with van der Waals surface area (Å²) < 4.78 is 0. The molecule has 130 valence electrons. The second-order valence-electron chi connectivity index (χ2n) is 4.42. The molecule has 2 aromatic carbocycles. The van der Waals surface area contributed by atoms with Gasteiger partial charge in [0.25, 0.3) is 0 Å². The van der Waals surface area contributed by atoms with Crippen LogP contribution < -0.4 is 0 Å². The molecule has 2 aromatic rings. The number of hydrogen-bond acceptors (Lipinski definition) is 6. The van der Waals surface area contributed by atoms with E-state index in [-0.39, 0.29) is 22.3 Å². The number of aromatic carboxylic acids is 3. The summed E-state index contributed by atoms with van der Waals surface area (Å²) in [6.07, 6.45) is 0. The number of rotatable bonds is 4. The van der Waals surface area contributed by atoms with E-state index in [0.717, 1.165) is 0 Å². The van der Waals surface area contributed by atoms with Crippen molar-refractivity contribution in [1.29, 1.82) is 0 Å². The van der Waals surface area contributed by atoms with Crippen molar-refractivity contribution in [2.45, 2.75) is 0 Å². The van der Waals surface area contributed by atoms with Crippen LogP contribution in [0.3, 0.4) is 0 Å². The van der Waals surface area contributed by atoms with E-state index in [1.807, 2.05) is 0 Å². The summed E-state index contributed by atoms with van der Waals surface area (Å²) in [7, 11) is 0. The number of benzene rings is 2. The van der Waals surface area contributed by atoms with Gasteiger partial charge in [0, 0.05) is 0 Å². The zero-order chi connectivity index (χ0) is 19.0. The van der Waals surface area contributed by atoms with Gasteiger partial charge in [0.15, 0.2) is 0 Å². The van der Waals surface area contributed by atoms with Crippen LogP contribution in [0.15, 0.2) is 48.5 Å². The van der Waals surface area contributed by atoms with Gasteiger partial charge in [0.1, 0.15) is 0 Å². The molecule has 0 aliphatic rings. The highest BCUT2D eigenvalue weighted by Crippen LogP contribution is 2.09. The van der Waals surface area contributed by atoms with Crippen LogP contribution in [-0.2, 0) is 4.89 Å². The largest absolute Gasteiger partial charge is 0.478 e. The zero-order valence-corrected chi connectivity index (χ0v) is 12.4. The van der Waals surface area contributed by atoms with Crippen molar-refractivity contribution in [2.75, 3.05) is 0 Å². The molecule has 25 heavy (non-hydrogen) atoms. The third kappa shape index (κ3) is 5.44. The Morgan fingerprint density at radius 1 is 0.640 bits per heavy atom. The number of hydrogen-bond donors (Lipinski definition) is 4. The Morgan fingerprint density at radius 2 is 1.04 bits per heavy atom. The van der Waals surface area contributed by atoms with E-state index in [4.69, 9.17) is 20.6 Å². The third-order valence-electron chi connectivity index (χ3n) is 2.84. The van der Waals surface area contributed by atoms with Crippen molar-refractivity contribution in [3.8, 4) is 0 Å². The van der Waals surface area contributed by atoms with Crippen LogP contribution in [0.5, 0.6) is 0 Å². The van der Waals surface area contributed by atoms with E-state index < -0.39 is 23.9 Å². The Morgan fingerprint density at radius 3 is 1.36 bits per heavy atom. The van der Waals surface area contributed by atoms with Gasteiger partial charge in [-0.3, -0.25) is 4.89 Å². The number of carbonyl (C=O) groups excluding carboxylic acids is 1. The minimum absolute atomic E-state index is 0.0833. The molecule has 0 aliphatic carbocycles. The summed E-state index contributed by atoms with van der Waals surface area (Å²) in [5, 5.41) is 33.6. The summed E-state index contributed by atoms with van der Waals surface area (Å²) in [6.45, 7) is 0. The van der Waals surface area contributed by atoms with Crippen molar-refractivity contribution < 1.29 is 44.6 Å². The SMILES string of the molecule is O=C(O)c1ccc(C(=O)O)cc1.O=C(O)c1ccccc1C(=O)OO. The molecule has 0 bridgehead atoms. The van der Waals surface area contributed by atoms with Crippen molar-refractivity contribution in [2.24, 2.45) is 0 Å². The van der Waals surface area contributed by atoms with Crippen LogP contribution >= 0.6 is 0 Å². The highest BCUT2D eigenvalue weighted by molar-refractivity contribution is 6.02. The first kappa shape index (κ1) is 19.3. The molecular weight excluding hydrogens is 336 g/mol. The lowest BCUT2D eigenvalue weighted by Crippen LogP contribution is -2.09. The molecule has 0 saturated heterocycles. The molecule has 0 fully saturated rings. The molecule has 2 rings (SSSR count). The van der Waals surface area contributed by atoms with Crippen LogP contribution in [0.4, 0.5) is 0 Å². The molecule has 0 aromatic heterocycles. The molecule has 0 unspecified atom stereocenters. The van der Waals surface area contributed by atoms with Crippen LogP contribution in [0.1, 0.15) is 41.4 Å². The van der Waals surface area contributed by atoms with E-state index in [0.29, 0.717) is 0 Å². The van der Waals surface area contributed by atoms with Gasteiger partial charge in [-0.25, -0.2) is 19.2 Å². The van der Waals surface area contributed by atoms with Gasteiger partial charge in [-0.05, 0) is 36.4 Å². The molecule has 0 heterocycles. The van der Waals surface area contributed by atoms with Gasteiger partial charge >= 0.3 is 23.9 Å². The van der Waals surface area contributed by atoms with Crippen LogP contribution in [-0.4, -0.2) is 44.5 Å². The van der Waals surface area contributed by atoms with Gasteiger partial charge in [-0.15, -0.1) is 0 Å². The van der Waals surface area contributed by atoms with Crippen LogP contribution in [0.2, 0.25) is 0 Å². The van der Waals surface area contributed by atoms with Crippen molar-refractivity contribution in [1.82, 2.24) is 0 Å². The van der Waals surface area contributed by atoms with E-state index in [1.165, 1.54) is 48.5 Å². The summed E-state index contributed by atoms with van der Waals surface area (Å²) in [6, 6.07) is 10.5. The predicted molar refractivity (Wildman–Crippen MR) is 81.8 cm³/mol. The molecule has 0 spiro atoms. The summed E-state index contributed by atoms with van der Waals surface area (Å²) in [5.41, 5.74) is -0.223. The predicted octanol–water partition coefficient (Wildman–Crippen LogP) is 2.10. The molecule has 9 nitrogen and oxygen atoms in total. The van der Waals surface area contributed by atoms with Crippen molar-refractivity contribution in [3.63, 3.8) is 0 Å². The highest BCUT2D eigenvalue weighted by Gasteiger charge is 2.16. The summed E-state index contributed by atoms with van der Waals surface area (Å²) >= 11 is 0. The maximum Gasteiger partial charge on any atom is 0.373 e. The first-order chi connectivity index (χ1) is 11.8. The Balaban J connectivity index is 0.000000251. The van der Waals surface area contributed by atoms with E-state index in [9.17, 15) is 19.2 Å². The lowest BCUT2D eigenvalue weighted by molar-refractivity contribution is -0.182. The Bertz CT molecular complexity index is 761. The Kier molecular flexibility index (Phi) is 6.80. The molecule has 0 atom stereocenters. The van der Waals surface area contributed by atoms with Crippen molar-refractivity contribution in [3.05, 3.63) is 70.8 Å². The maximum atomic E-state index is 10.8. The van der Waals surface area contributed by atoms with E-state index >= 15 is 0 Å². The standard InChI is InChI=1S/C8H6O5.C8H6O4/c9-7(10)5-3-1-2-4-6(5)8(11)13-12;9-7(10)5-1-2-6(4-3-5)8(11)12/h1-4,12H,(H,9,10);1-4H,(H,9,10)(H,11,12). The highest BCUT2D eigenvalue weighted by atomic mass is 17.1. The zero-order valence-electron chi connectivity index (χ0n) is 12.4. The molecular formula is C16H12O9. The molecule has 0 aliphatic heterocycles. The van der Waals surface area contributed by atoms with Gasteiger partial charge in [0.2, 0.25) is 0 Å². The molecule has 0 radical (unpaired) electrons. The van der Waals surface area contributed by atoms with E-state index in [2.05, 4.69) is 4.89 Å². The average Bonchev–Trinajstić information content (AvgIpc) is 2.61. The number of carboxylic acids is 3. The topological polar surface area (TPSA) is 158 Å². The fraction of sp³-hybridized carbons (Fsp3) is 0. The fourth-order valence-electron chi connectivity index (χ4n) is 1.65. The minimum Gasteiger partial charge on any atom is -0.478 e. The lowest BCUT2D eigenvalue weighted by Gasteiger charge is -2.00. The molecule has 9 heteroatoms. The first-order valence-corrected chi connectivity index (χ1v) is 6.52. The van der Waals surface area contributed by atoms with Gasteiger partial charge in [-0.2, -0.15) is 5.26 Å². The molecule has 0 amide bonds. The fourth-order valence-corrected chi connectivity index (χ4v) is 1.65. The Labute approximate surface area is 140 Å². The smallest absolute Gasteiger partial charge is 0.373 e.